The van der Waals surface area contributed by atoms with Crippen LogP contribution < -0.4 is 10.5 Å². The van der Waals surface area contributed by atoms with E-state index in [1.165, 1.54) is 13.2 Å². The molecule has 2 aromatic heterocycles. The molecule has 4 aromatic rings. The predicted octanol–water partition coefficient (Wildman–Crippen LogP) is 3.74. The number of rotatable bonds is 2. The number of aromatic nitrogens is 3. The third kappa shape index (κ3) is 2.20. The van der Waals surface area contributed by atoms with Crippen LogP contribution in [0.5, 0.6) is 5.75 Å². The number of methoxy groups -OCH3 is 1. The summed E-state index contributed by atoms with van der Waals surface area (Å²) in [4.78, 5) is 0. The fourth-order valence-corrected chi connectivity index (χ4v) is 3.75. The smallest absolute Gasteiger partial charge is 0.131 e. The Hall–Kier alpha value is -3.53. The molecule has 0 aliphatic rings. The predicted molar refractivity (Wildman–Crippen MR) is 103 cm³/mol. The second kappa shape index (κ2) is 5.74. The van der Waals surface area contributed by atoms with E-state index in [0.29, 0.717) is 28.0 Å². The van der Waals surface area contributed by atoms with Crippen LogP contribution in [0.1, 0.15) is 16.7 Å². The average Bonchev–Trinajstić information content (AvgIpc) is 3.15. The number of nitrogens with zero attached hydrogens (tertiary/aromatic N) is 4. The topological polar surface area (TPSA) is 81.8 Å². The van der Waals surface area contributed by atoms with Crippen LogP contribution in [0.4, 0.5) is 10.2 Å². The molecule has 7 heteroatoms. The third-order valence-corrected chi connectivity index (χ3v) is 5.02. The highest BCUT2D eigenvalue weighted by Crippen LogP contribution is 2.39. The Bertz CT molecular complexity index is 1280. The van der Waals surface area contributed by atoms with E-state index in [9.17, 15) is 9.65 Å². The Morgan fingerprint density at radius 1 is 1.22 bits per heavy atom. The van der Waals surface area contributed by atoms with Gasteiger partial charge in [-0.15, -0.1) is 0 Å². The zero-order chi connectivity index (χ0) is 19.5. The van der Waals surface area contributed by atoms with Gasteiger partial charge in [-0.05, 0) is 26.0 Å². The Kier molecular flexibility index (Phi) is 3.60. The second-order valence-corrected chi connectivity index (χ2v) is 6.56. The lowest BCUT2D eigenvalue weighted by Gasteiger charge is -2.18. The van der Waals surface area contributed by atoms with E-state index in [1.807, 2.05) is 32.3 Å². The molecule has 0 aliphatic carbocycles. The molecule has 0 unspecified atom stereocenters. The molecule has 6 nitrogen and oxygen atoms in total. The van der Waals surface area contributed by atoms with E-state index in [1.54, 1.807) is 16.2 Å². The van der Waals surface area contributed by atoms with Crippen molar-refractivity contribution in [2.75, 3.05) is 12.8 Å². The minimum atomic E-state index is -0.398. The summed E-state index contributed by atoms with van der Waals surface area (Å²) in [6.07, 6.45) is 1.87. The number of nitrogens with two attached hydrogens (primary N) is 1. The summed E-state index contributed by atoms with van der Waals surface area (Å²) in [6.45, 7) is 3.54. The Morgan fingerprint density at radius 2 is 1.96 bits per heavy atom. The van der Waals surface area contributed by atoms with Crippen LogP contribution in [0.2, 0.25) is 0 Å². The number of hydrogen-bond donors (Lipinski definition) is 1. The monoisotopic (exact) mass is 363 g/mol. The minimum Gasteiger partial charge on any atom is -0.496 e. The molecule has 0 bridgehead atoms. The SMILES string of the molecule is COc1cc(F)c(C)c(-n2c(N)c(C#N)c3ccc4nn(C)cc4c32)c1C. The van der Waals surface area contributed by atoms with Gasteiger partial charge in [0.15, 0.2) is 0 Å². The van der Waals surface area contributed by atoms with Crippen molar-refractivity contribution in [3.8, 4) is 17.5 Å². The van der Waals surface area contributed by atoms with Crippen LogP contribution >= 0.6 is 0 Å². The fraction of sp³-hybridized carbons (Fsp3) is 0.200. The summed E-state index contributed by atoms with van der Waals surface area (Å²) in [7, 11) is 3.33. The third-order valence-electron chi connectivity index (χ3n) is 5.02. The van der Waals surface area contributed by atoms with Crippen LogP contribution in [-0.2, 0) is 7.05 Å². The van der Waals surface area contributed by atoms with Gasteiger partial charge >= 0.3 is 0 Å². The molecule has 0 saturated carbocycles. The van der Waals surface area contributed by atoms with Gasteiger partial charge in [0.1, 0.15) is 29.0 Å². The summed E-state index contributed by atoms with van der Waals surface area (Å²) in [5.74, 6) is 0.291. The van der Waals surface area contributed by atoms with Crippen molar-refractivity contribution in [1.82, 2.24) is 14.3 Å². The molecule has 0 saturated heterocycles. The van der Waals surface area contributed by atoms with Gasteiger partial charge in [0.05, 0.1) is 23.8 Å². The van der Waals surface area contributed by atoms with E-state index in [-0.39, 0.29) is 5.82 Å². The maximum atomic E-state index is 14.6. The number of aryl methyl sites for hydroxylation is 1. The molecule has 4 rings (SSSR count). The van der Waals surface area contributed by atoms with Gasteiger partial charge in [0, 0.05) is 41.2 Å². The normalized spacial score (nSPS) is 11.3. The zero-order valence-corrected chi connectivity index (χ0v) is 15.5. The molecule has 0 amide bonds. The van der Waals surface area contributed by atoms with Crippen molar-refractivity contribution in [3.05, 3.63) is 46.9 Å². The number of benzene rings is 2. The van der Waals surface area contributed by atoms with Gasteiger partial charge in [0.25, 0.3) is 0 Å². The van der Waals surface area contributed by atoms with Crippen molar-refractivity contribution >= 4 is 27.6 Å². The molecule has 0 fully saturated rings. The van der Waals surface area contributed by atoms with E-state index in [4.69, 9.17) is 10.5 Å². The Balaban J connectivity index is 2.28. The average molecular weight is 363 g/mol. The highest BCUT2D eigenvalue weighted by Gasteiger charge is 2.24. The molecule has 2 aromatic carbocycles. The number of anilines is 1. The van der Waals surface area contributed by atoms with Crippen molar-refractivity contribution in [2.24, 2.45) is 7.05 Å². The number of fused-ring (bicyclic) bond motifs is 3. The largest absolute Gasteiger partial charge is 0.496 e. The first kappa shape index (κ1) is 16.9. The molecule has 2 heterocycles. The lowest BCUT2D eigenvalue weighted by atomic mass is 10.1. The maximum absolute atomic E-state index is 14.6. The molecule has 0 atom stereocenters. The highest BCUT2D eigenvalue weighted by molar-refractivity contribution is 6.09. The number of nitrogen functional groups attached to an aromatic ring is 1. The van der Waals surface area contributed by atoms with E-state index >= 15 is 0 Å². The van der Waals surface area contributed by atoms with Gasteiger partial charge in [-0.2, -0.15) is 10.4 Å². The van der Waals surface area contributed by atoms with E-state index in [2.05, 4.69) is 11.2 Å². The van der Waals surface area contributed by atoms with Gasteiger partial charge < -0.3 is 10.5 Å². The van der Waals surface area contributed by atoms with Crippen molar-refractivity contribution in [1.29, 1.82) is 5.26 Å². The number of hydrogen-bond acceptors (Lipinski definition) is 4. The Labute approximate surface area is 155 Å². The summed E-state index contributed by atoms with van der Waals surface area (Å²) >= 11 is 0. The molecular formula is C20H18FN5O. The van der Waals surface area contributed by atoms with Crippen LogP contribution in [0.3, 0.4) is 0 Å². The van der Waals surface area contributed by atoms with Crippen molar-refractivity contribution in [3.63, 3.8) is 0 Å². The lowest BCUT2D eigenvalue weighted by Crippen LogP contribution is -2.07. The molecule has 27 heavy (non-hydrogen) atoms. The quantitative estimate of drug-likeness (QED) is 0.588. The van der Waals surface area contributed by atoms with E-state index < -0.39 is 5.82 Å². The molecule has 136 valence electrons. The highest BCUT2D eigenvalue weighted by atomic mass is 19.1. The first-order valence-corrected chi connectivity index (χ1v) is 8.39. The minimum absolute atomic E-state index is 0.266. The summed E-state index contributed by atoms with van der Waals surface area (Å²) in [5, 5.41) is 15.7. The van der Waals surface area contributed by atoms with Crippen LogP contribution in [0, 0.1) is 31.0 Å². The first-order valence-electron chi connectivity index (χ1n) is 8.39. The van der Waals surface area contributed by atoms with E-state index in [0.717, 1.165) is 22.0 Å². The van der Waals surface area contributed by atoms with Gasteiger partial charge in [0.2, 0.25) is 0 Å². The standard InChI is InChI=1S/C20H18FN5O/c1-10-15(21)7-17(27-4)11(2)18(10)26-19-12(13(8-22)20(26)23)5-6-16-14(19)9-25(3)24-16/h5-7,9H,23H2,1-4H3. The summed E-state index contributed by atoms with van der Waals surface area (Å²) in [5.41, 5.74) is 10.00. The Morgan fingerprint density at radius 3 is 2.63 bits per heavy atom. The summed E-state index contributed by atoms with van der Waals surface area (Å²) < 4.78 is 23.4. The van der Waals surface area contributed by atoms with Gasteiger partial charge in [-0.3, -0.25) is 9.25 Å². The van der Waals surface area contributed by atoms with Crippen molar-refractivity contribution in [2.45, 2.75) is 13.8 Å². The number of halogens is 1. The molecule has 0 radical (unpaired) electrons. The summed E-state index contributed by atoms with van der Waals surface area (Å²) in [6, 6.07) is 7.23. The van der Waals surface area contributed by atoms with Crippen LogP contribution in [-0.4, -0.2) is 21.5 Å². The van der Waals surface area contributed by atoms with Crippen LogP contribution in [0.25, 0.3) is 27.5 Å². The maximum Gasteiger partial charge on any atom is 0.131 e. The molecule has 0 spiro atoms. The number of ether oxygens (including phenoxy) is 1. The second-order valence-electron chi connectivity index (χ2n) is 6.56. The number of nitriles is 1. The molecular weight excluding hydrogens is 345 g/mol. The van der Waals surface area contributed by atoms with Crippen molar-refractivity contribution < 1.29 is 9.13 Å². The van der Waals surface area contributed by atoms with Crippen LogP contribution in [0.15, 0.2) is 24.4 Å². The molecule has 2 N–H and O–H groups in total. The fourth-order valence-electron chi connectivity index (χ4n) is 3.75. The molecule has 0 aliphatic heterocycles. The van der Waals surface area contributed by atoms with Gasteiger partial charge in [-0.25, -0.2) is 4.39 Å². The first-order chi connectivity index (χ1) is 12.9. The lowest BCUT2D eigenvalue weighted by molar-refractivity contribution is 0.407. The zero-order valence-electron chi connectivity index (χ0n) is 15.5. The van der Waals surface area contributed by atoms with Gasteiger partial charge in [-0.1, -0.05) is 0 Å².